The summed E-state index contributed by atoms with van der Waals surface area (Å²) in [6.45, 7) is 5.17. The molecule has 2 aromatic rings. The maximum Gasteiger partial charge on any atom is 0.257 e. The Morgan fingerprint density at radius 2 is 1.06 bits per heavy atom. The van der Waals surface area contributed by atoms with Crippen molar-refractivity contribution in [3.8, 4) is 11.5 Å². The summed E-state index contributed by atoms with van der Waals surface area (Å²) in [5, 5.41) is 5.36. The van der Waals surface area contributed by atoms with Crippen LogP contribution in [0.15, 0.2) is 48.5 Å². The predicted octanol–water partition coefficient (Wildman–Crippen LogP) is 4.84. The van der Waals surface area contributed by atoms with Gasteiger partial charge in [-0.15, -0.1) is 23.2 Å². The van der Waals surface area contributed by atoms with Crippen LogP contribution >= 0.6 is 23.2 Å². The van der Waals surface area contributed by atoms with Crippen LogP contribution in [0, 0.1) is 0 Å². The zero-order valence-corrected chi connectivity index (χ0v) is 21.3. The molecular formula is C26H34Cl2N2O4. The lowest BCUT2D eigenvalue weighted by Crippen LogP contribution is -2.30. The van der Waals surface area contributed by atoms with Gasteiger partial charge in [0.05, 0.1) is 0 Å². The Bertz CT molecular complexity index is 802. The van der Waals surface area contributed by atoms with E-state index < -0.39 is 0 Å². The summed E-state index contributed by atoms with van der Waals surface area (Å²) in [4.78, 5) is 23.4. The first-order valence-electron chi connectivity index (χ1n) is 11.6. The molecule has 0 saturated carbocycles. The van der Waals surface area contributed by atoms with Gasteiger partial charge in [-0.25, -0.2) is 0 Å². The molecule has 2 atom stereocenters. The van der Waals surface area contributed by atoms with Gasteiger partial charge >= 0.3 is 0 Å². The molecule has 34 heavy (non-hydrogen) atoms. The van der Waals surface area contributed by atoms with Gasteiger partial charge in [0.2, 0.25) is 0 Å². The van der Waals surface area contributed by atoms with Gasteiger partial charge in [-0.3, -0.25) is 9.59 Å². The highest BCUT2D eigenvalue weighted by Gasteiger charge is 2.22. The normalized spacial score (nSPS) is 12.5. The number of hydrogen-bond acceptors (Lipinski definition) is 4. The fourth-order valence-electron chi connectivity index (χ4n) is 3.90. The van der Waals surface area contributed by atoms with Crippen LogP contribution in [0.2, 0.25) is 0 Å². The highest BCUT2D eigenvalue weighted by atomic mass is 35.5. The second-order valence-corrected chi connectivity index (χ2v) is 8.58. The molecule has 0 unspecified atom stereocenters. The van der Waals surface area contributed by atoms with Gasteiger partial charge in [0, 0.05) is 24.8 Å². The van der Waals surface area contributed by atoms with Gasteiger partial charge < -0.3 is 20.1 Å². The Balaban J connectivity index is 1.99. The smallest absolute Gasteiger partial charge is 0.257 e. The molecule has 0 fully saturated rings. The molecule has 2 amide bonds. The maximum absolute atomic E-state index is 11.7. The maximum atomic E-state index is 11.7. The largest absolute Gasteiger partial charge is 0.484 e. The molecule has 6 nitrogen and oxygen atoms in total. The van der Waals surface area contributed by atoms with E-state index in [2.05, 4.69) is 48.7 Å². The van der Waals surface area contributed by atoms with Crippen molar-refractivity contribution < 1.29 is 19.1 Å². The molecule has 8 heteroatoms. The second kappa shape index (κ2) is 15.5. The number of carbonyl (C=O) groups excluding carboxylic acids is 2. The van der Waals surface area contributed by atoms with Crippen molar-refractivity contribution in [2.75, 3.05) is 38.1 Å². The number of ether oxygens (including phenoxy) is 2. The third-order valence-electron chi connectivity index (χ3n) is 5.56. The van der Waals surface area contributed by atoms with E-state index in [0.29, 0.717) is 48.2 Å². The number of nitrogens with one attached hydrogen (secondary N) is 2. The first-order chi connectivity index (χ1) is 16.5. The molecule has 0 spiro atoms. The summed E-state index contributed by atoms with van der Waals surface area (Å²) in [5.41, 5.74) is 2.45. The number of carbonyl (C=O) groups is 2. The third kappa shape index (κ3) is 9.07. The van der Waals surface area contributed by atoms with Crippen molar-refractivity contribution in [2.24, 2.45) is 0 Å². The molecule has 0 aliphatic carbocycles. The number of amides is 2. The molecule has 186 valence electrons. The van der Waals surface area contributed by atoms with Crippen LogP contribution in [-0.2, 0) is 9.59 Å². The first kappa shape index (κ1) is 27.8. The van der Waals surface area contributed by atoms with Crippen LogP contribution in [0.3, 0.4) is 0 Å². The minimum absolute atomic E-state index is 0.0339. The SMILES string of the molecule is CC[C@H](c1ccc(OCC(=O)NCCCl)cc1)[C@H](CC)c1ccc(OCC(=O)NCCCl)cc1. The molecule has 0 bridgehead atoms. The van der Waals surface area contributed by atoms with Crippen molar-refractivity contribution in [3.05, 3.63) is 59.7 Å². The molecule has 2 rings (SSSR count). The van der Waals surface area contributed by atoms with Gasteiger partial charge in [-0.1, -0.05) is 38.1 Å². The zero-order valence-electron chi connectivity index (χ0n) is 19.8. The van der Waals surface area contributed by atoms with Crippen LogP contribution in [0.5, 0.6) is 11.5 Å². The summed E-state index contributed by atoms with van der Waals surface area (Å²) >= 11 is 11.1. The lowest BCUT2D eigenvalue weighted by molar-refractivity contribution is -0.123. The highest BCUT2D eigenvalue weighted by molar-refractivity contribution is 6.18. The molecule has 2 N–H and O–H groups in total. The van der Waals surface area contributed by atoms with Gasteiger partial charge in [-0.2, -0.15) is 0 Å². The quantitative estimate of drug-likeness (QED) is 0.337. The molecule has 0 aliphatic heterocycles. The van der Waals surface area contributed by atoms with Crippen LogP contribution in [0.4, 0.5) is 0 Å². The summed E-state index contributed by atoms with van der Waals surface area (Å²) < 4.78 is 11.2. The Kier molecular flexibility index (Phi) is 12.6. The van der Waals surface area contributed by atoms with E-state index in [0.717, 1.165) is 12.8 Å². The topological polar surface area (TPSA) is 76.7 Å². The minimum atomic E-state index is -0.189. The molecule has 0 radical (unpaired) electrons. The lowest BCUT2D eigenvalue weighted by atomic mass is 9.78. The summed E-state index contributed by atoms with van der Waals surface area (Å²) in [7, 11) is 0. The monoisotopic (exact) mass is 508 g/mol. The summed E-state index contributed by atoms with van der Waals surface area (Å²) in [6.07, 6.45) is 1.97. The number of halogens is 2. The fraction of sp³-hybridized carbons (Fsp3) is 0.462. The van der Waals surface area contributed by atoms with E-state index in [1.54, 1.807) is 0 Å². The molecule has 0 saturated heterocycles. The summed E-state index contributed by atoms with van der Waals surface area (Å²) in [5.74, 6) is 2.35. The molecule has 0 aromatic heterocycles. The van der Waals surface area contributed by atoms with Crippen LogP contribution in [0.25, 0.3) is 0 Å². The fourth-order valence-corrected chi connectivity index (χ4v) is 4.09. The van der Waals surface area contributed by atoms with Crippen molar-refractivity contribution in [1.29, 1.82) is 0 Å². The third-order valence-corrected chi connectivity index (χ3v) is 5.93. The molecular weight excluding hydrogens is 475 g/mol. The Morgan fingerprint density at radius 3 is 1.35 bits per heavy atom. The number of rotatable bonds is 15. The highest BCUT2D eigenvalue weighted by Crippen LogP contribution is 2.38. The first-order valence-corrected chi connectivity index (χ1v) is 12.7. The van der Waals surface area contributed by atoms with E-state index in [4.69, 9.17) is 32.7 Å². The van der Waals surface area contributed by atoms with E-state index in [-0.39, 0.29) is 25.0 Å². The van der Waals surface area contributed by atoms with Crippen LogP contribution < -0.4 is 20.1 Å². The Hall–Kier alpha value is -2.44. The zero-order chi connectivity index (χ0) is 24.8. The number of hydrogen-bond donors (Lipinski definition) is 2. The van der Waals surface area contributed by atoms with E-state index >= 15 is 0 Å². The van der Waals surface area contributed by atoms with Crippen molar-refractivity contribution in [3.63, 3.8) is 0 Å². The van der Waals surface area contributed by atoms with E-state index in [9.17, 15) is 9.59 Å². The Morgan fingerprint density at radius 1 is 0.706 bits per heavy atom. The minimum Gasteiger partial charge on any atom is -0.484 e. The van der Waals surface area contributed by atoms with Gasteiger partial charge in [-0.05, 0) is 60.1 Å². The van der Waals surface area contributed by atoms with Gasteiger partial charge in [0.25, 0.3) is 11.8 Å². The van der Waals surface area contributed by atoms with Gasteiger partial charge in [0.15, 0.2) is 13.2 Å². The average molecular weight is 509 g/mol. The van der Waals surface area contributed by atoms with Crippen LogP contribution in [0.1, 0.15) is 49.7 Å². The molecule has 0 aliphatic rings. The van der Waals surface area contributed by atoms with Crippen LogP contribution in [-0.4, -0.2) is 49.9 Å². The van der Waals surface area contributed by atoms with Gasteiger partial charge in [0.1, 0.15) is 11.5 Å². The lowest BCUT2D eigenvalue weighted by Gasteiger charge is -2.26. The number of alkyl halides is 2. The van der Waals surface area contributed by atoms with E-state index in [1.807, 2.05) is 24.3 Å². The average Bonchev–Trinajstić information content (AvgIpc) is 2.87. The standard InChI is InChI=1S/C26H34Cl2N2O4/c1-3-23(19-5-9-21(10-6-19)33-17-25(31)29-15-13-27)24(4-2)20-7-11-22(12-8-20)34-18-26(32)30-16-14-28/h5-12,23-24H,3-4,13-18H2,1-2H3,(H,29,31)(H,30,32)/t23-,24-/m1/s1. The van der Waals surface area contributed by atoms with Crippen molar-refractivity contribution in [1.82, 2.24) is 10.6 Å². The van der Waals surface area contributed by atoms with E-state index in [1.165, 1.54) is 11.1 Å². The van der Waals surface area contributed by atoms with Crippen molar-refractivity contribution >= 4 is 35.0 Å². The summed E-state index contributed by atoms with van der Waals surface area (Å²) in [6, 6.07) is 15.9. The second-order valence-electron chi connectivity index (χ2n) is 7.82. The number of benzene rings is 2. The van der Waals surface area contributed by atoms with Crippen molar-refractivity contribution in [2.45, 2.75) is 38.5 Å². The predicted molar refractivity (Wildman–Crippen MR) is 137 cm³/mol. The molecule has 0 heterocycles. The molecule has 2 aromatic carbocycles. The Labute approximate surface area is 212 Å².